The van der Waals surface area contributed by atoms with E-state index in [-0.39, 0.29) is 6.04 Å². The summed E-state index contributed by atoms with van der Waals surface area (Å²) in [5, 5.41) is 3.39. The van der Waals surface area contributed by atoms with Crippen LogP contribution in [0.4, 0.5) is 0 Å². The zero-order valence-electron chi connectivity index (χ0n) is 12.1. The Morgan fingerprint density at radius 2 is 1.78 bits per heavy atom. The lowest BCUT2D eigenvalue weighted by atomic mass is 9.84. The number of carbonyl (C=O) groups excluding carboxylic acids is 1. The van der Waals surface area contributed by atoms with Crippen molar-refractivity contribution in [3.05, 3.63) is 0 Å². The first kappa shape index (κ1) is 13.9. The van der Waals surface area contributed by atoms with E-state index in [1.54, 1.807) is 0 Å². The molecule has 0 bridgehead atoms. The van der Waals surface area contributed by atoms with Crippen LogP contribution in [0.3, 0.4) is 0 Å². The molecule has 2 unspecified atom stereocenters. The zero-order chi connectivity index (χ0) is 13.1. The van der Waals surface area contributed by atoms with Crippen LogP contribution in [-0.4, -0.2) is 35.5 Å². The number of rotatable bonds is 4. The average Bonchev–Trinajstić information content (AvgIpc) is 2.71. The first-order valence-electron chi connectivity index (χ1n) is 7.66. The van der Waals surface area contributed by atoms with Crippen LogP contribution in [-0.2, 0) is 4.79 Å². The number of likely N-dealkylation sites (tertiary alicyclic amines) is 1. The minimum Gasteiger partial charge on any atom is -0.338 e. The predicted octanol–water partition coefficient (Wildman–Crippen LogP) is 2.55. The minimum atomic E-state index is 0.0658. The lowest BCUT2D eigenvalue weighted by Crippen LogP contribution is -2.46. The van der Waals surface area contributed by atoms with E-state index < -0.39 is 0 Å². The van der Waals surface area contributed by atoms with Crippen molar-refractivity contribution in [3.8, 4) is 0 Å². The van der Waals surface area contributed by atoms with Gasteiger partial charge in [0.25, 0.3) is 0 Å². The van der Waals surface area contributed by atoms with E-state index >= 15 is 0 Å². The smallest absolute Gasteiger partial charge is 0.240 e. The van der Waals surface area contributed by atoms with Crippen LogP contribution in [0.1, 0.15) is 59.3 Å². The molecule has 1 saturated carbocycles. The highest BCUT2D eigenvalue weighted by atomic mass is 16.2. The van der Waals surface area contributed by atoms with E-state index in [0.29, 0.717) is 18.0 Å². The summed E-state index contributed by atoms with van der Waals surface area (Å²) in [4.78, 5) is 14.5. The molecule has 3 heteroatoms. The zero-order valence-corrected chi connectivity index (χ0v) is 12.1. The van der Waals surface area contributed by atoms with Gasteiger partial charge in [0.05, 0.1) is 6.04 Å². The molecule has 0 aromatic heterocycles. The number of nitrogens with one attached hydrogen (secondary N) is 1. The Morgan fingerprint density at radius 3 is 2.39 bits per heavy atom. The number of carbonyl (C=O) groups is 1. The maximum Gasteiger partial charge on any atom is 0.240 e. The average molecular weight is 252 g/mol. The quantitative estimate of drug-likeness (QED) is 0.834. The van der Waals surface area contributed by atoms with Gasteiger partial charge in [-0.15, -0.1) is 0 Å². The normalized spacial score (nSPS) is 28.1. The predicted molar refractivity (Wildman–Crippen MR) is 74.4 cm³/mol. The second-order valence-corrected chi connectivity index (χ2v) is 6.33. The van der Waals surface area contributed by atoms with Gasteiger partial charge in [-0.2, -0.15) is 0 Å². The Morgan fingerprint density at radius 1 is 1.11 bits per heavy atom. The second-order valence-electron chi connectivity index (χ2n) is 6.33. The summed E-state index contributed by atoms with van der Waals surface area (Å²) in [5.41, 5.74) is 0. The number of amides is 1. The fourth-order valence-corrected chi connectivity index (χ4v) is 3.53. The van der Waals surface area contributed by atoms with Crippen LogP contribution in [0.5, 0.6) is 0 Å². The van der Waals surface area contributed by atoms with Gasteiger partial charge >= 0.3 is 0 Å². The molecule has 2 rings (SSSR count). The molecule has 1 saturated heterocycles. The molecule has 2 fully saturated rings. The summed E-state index contributed by atoms with van der Waals surface area (Å²) < 4.78 is 0. The molecule has 0 radical (unpaired) electrons. The number of nitrogens with zero attached hydrogens (tertiary/aromatic N) is 1. The first-order chi connectivity index (χ1) is 8.59. The summed E-state index contributed by atoms with van der Waals surface area (Å²) >= 11 is 0. The number of hydrogen-bond acceptors (Lipinski definition) is 2. The molecule has 18 heavy (non-hydrogen) atoms. The summed E-state index contributed by atoms with van der Waals surface area (Å²) in [6.45, 7) is 7.42. The Kier molecular flexibility index (Phi) is 4.66. The fourth-order valence-electron chi connectivity index (χ4n) is 3.53. The van der Waals surface area contributed by atoms with Crippen LogP contribution in [0.25, 0.3) is 0 Å². The van der Waals surface area contributed by atoms with Crippen molar-refractivity contribution in [1.29, 1.82) is 0 Å². The van der Waals surface area contributed by atoms with Gasteiger partial charge in [0, 0.05) is 18.6 Å². The van der Waals surface area contributed by atoms with Gasteiger partial charge in [-0.25, -0.2) is 0 Å². The van der Waals surface area contributed by atoms with Gasteiger partial charge in [0.1, 0.15) is 0 Å². The molecule has 3 nitrogen and oxygen atoms in total. The standard InChI is InChI=1S/C15H28N2O/c1-11(2)16-14-9-10-17(15(14)18)12(3)13-7-5-4-6-8-13/h11-14,16H,4-10H2,1-3H3. The summed E-state index contributed by atoms with van der Waals surface area (Å²) in [5.74, 6) is 1.07. The molecule has 0 spiro atoms. The van der Waals surface area contributed by atoms with Crippen LogP contribution in [0.2, 0.25) is 0 Å². The van der Waals surface area contributed by atoms with Crippen molar-refractivity contribution >= 4 is 5.91 Å². The molecule has 1 heterocycles. The lowest BCUT2D eigenvalue weighted by Gasteiger charge is -2.34. The van der Waals surface area contributed by atoms with Gasteiger partial charge in [-0.3, -0.25) is 4.79 Å². The van der Waals surface area contributed by atoms with Crippen LogP contribution >= 0.6 is 0 Å². The lowest BCUT2D eigenvalue weighted by molar-refractivity contribution is -0.132. The molecule has 2 aliphatic rings. The molecule has 0 aromatic carbocycles. The van der Waals surface area contributed by atoms with Crippen LogP contribution < -0.4 is 5.32 Å². The Bertz CT molecular complexity index is 284. The van der Waals surface area contributed by atoms with Crippen LogP contribution in [0, 0.1) is 5.92 Å². The molecular formula is C15H28N2O. The second kappa shape index (κ2) is 6.05. The van der Waals surface area contributed by atoms with E-state index in [1.807, 2.05) is 0 Å². The summed E-state index contributed by atoms with van der Waals surface area (Å²) in [6, 6.07) is 0.900. The Balaban J connectivity index is 1.91. The third kappa shape index (κ3) is 3.05. The third-order valence-corrected chi connectivity index (χ3v) is 4.60. The fraction of sp³-hybridized carbons (Fsp3) is 0.933. The maximum absolute atomic E-state index is 12.4. The highest BCUT2D eigenvalue weighted by Gasteiger charge is 2.37. The van der Waals surface area contributed by atoms with Gasteiger partial charge in [-0.05, 0) is 32.1 Å². The van der Waals surface area contributed by atoms with E-state index in [9.17, 15) is 4.79 Å². The van der Waals surface area contributed by atoms with E-state index in [1.165, 1.54) is 32.1 Å². The van der Waals surface area contributed by atoms with Gasteiger partial charge in [0.2, 0.25) is 5.91 Å². The summed E-state index contributed by atoms with van der Waals surface area (Å²) in [6.07, 6.45) is 7.69. The van der Waals surface area contributed by atoms with Crippen molar-refractivity contribution in [2.45, 2.75) is 77.4 Å². The van der Waals surface area contributed by atoms with Crippen molar-refractivity contribution in [2.75, 3.05) is 6.54 Å². The van der Waals surface area contributed by atoms with Gasteiger partial charge in [0.15, 0.2) is 0 Å². The van der Waals surface area contributed by atoms with Crippen molar-refractivity contribution < 1.29 is 4.79 Å². The van der Waals surface area contributed by atoms with E-state index in [4.69, 9.17) is 0 Å². The molecule has 1 aliphatic heterocycles. The molecule has 1 aliphatic carbocycles. The minimum absolute atomic E-state index is 0.0658. The first-order valence-corrected chi connectivity index (χ1v) is 7.66. The highest BCUT2D eigenvalue weighted by Crippen LogP contribution is 2.30. The molecule has 1 amide bonds. The summed E-state index contributed by atoms with van der Waals surface area (Å²) in [7, 11) is 0. The van der Waals surface area contributed by atoms with Crippen molar-refractivity contribution in [3.63, 3.8) is 0 Å². The monoisotopic (exact) mass is 252 g/mol. The van der Waals surface area contributed by atoms with Crippen molar-refractivity contribution in [1.82, 2.24) is 10.2 Å². The Labute approximate surface area is 111 Å². The van der Waals surface area contributed by atoms with E-state index in [2.05, 4.69) is 31.0 Å². The van der Waals surface area contributed by atoms with Crippen molar-refractivity contribution in [2.24, 2.45) is 5.92 Å². The molecule has 2 atom stereocenters. The highest BCUT2D eigenvalue weighted by molar-refractivity contribution is 5.84. The molecular weight excluding hydrogens is 224 g/mol. The number of hydrogen-bond donors (Lipinski definition) is 1. The topological polar surface area (TPSA) is 32.3 Å². The van der Waals surface area contributed by atoms with Gasteiger partial charge < -0.3 is 10.2 Å². The molecule has 104 valence electrons. The van der Waals surface area contributed by atoms with Gasteiger partial charge in [-0.1, -0.05) is 33.1 Å². The van der Waals surface area contributed by atoms with E-state index in [0.717, 1.165) is 18.9 Å². The molecule has 1 N–H and O–H groups in total. The van der Waals surface area contributed by atoms with Crippen LogP contribution in [0.15, 0.2) is 0 Å². The third-order valence-electron chi connectivity index (χ3n) is 4.60. The SMILES string of the molecule is CC(C)NC1CCN(C(C)C2CCCCC2)C1=O. The Hall–Kier alpha value is -0.570. The maximum atomic E-state index is 12.4. The molecule has 0 aromatic rings. The largest absolute Gasteiger partial charge is 0.338 e.